The van der Waals surface area contributed by atoms with Gasteiger partial charge >= 0.3 is 0 Å². The van der Waals surface area contributed by atoms with E-state index in [-0.39, 0.29) is 36.5 Å². The van der Waals surface area contributed by atoms with Crippen LogP contribution in [0.5, 0.6) is 0 Å². The van der Waals surface area contributed by atoms with Crippen LogP contribution in [-0.2, 0) is 23.9 Å². The summed E-state index contributed by atoms with van der Waals surface area (Å²) in [6, 6.07) is -1.18. The Bertz CT molecular complexity index is 687. The van der Waals surface area contributed by atoms with Gasteiger partial charge in [0, 0.05) is 26.9 Å². The molecule has 0 aromatic carbocycles. The standard InChI is InChI=1S/C26H46N4O5/c1-27-22(31)15-13-11-9-7-5-3-4-6-8-10-12-14-16-23(32)29-20-17-18-24-30(26(20)34)21(19-35-24)25(33)28-2/h20-21,24H,3-19H2,1-2H3,(H,27,31)(H,28,33)(H,29,32)/t20-,21?,24-/m0/s1. The second kappa shape index (κ2) is 16.5. The molecule has 0 aromatic heterocycles. The van der Waals surface area contributed by atoms with Crippen molar-refractivity contribution in [1.82, 2.24) is 20.9 Å². The van der Waals surface area contributed by atoms with Gasteiger partial charge in [-0.15, -0.1) is 0 Å². The Morgan fingerprint density at radius 3 is 1.80 bits per heavy atom. The van der Waals surface area contributed by atoms with Gasteiger partial charge in [-0.2, -0.15) is 0 Å². The lowest BCUT2D eigenvalue weighted by Crippen LogP contribution is -2.59. The molecule has 35 heavy (non-hydrogen) atoms. The number of hydrogen-bond acceptors (Lipinski definition) is 5. The van der Waals surface area contributed by atoms with Crippen LogP contribution < -0.4 is 16.0 Å². The molecule has 2 aliphatic heterocycles. The van der Waals surface area contributed by atoms with Crippen LogP contribution in [0.25, 0.3) is 0 Å². The maximum atomic E-state index is 12.8. The number of likely N-dealkylation sites (N-methyl/N-ethyl adjacent to an activating group) is 1. The van der Waals surface area contributed by atoms with Crippen molar-refractivity contribution in [2.24, 2.45) is 0 Å². The predicted molar refractivity (Wildman–Crippen MR) is 134 cm³/mol. The normalized spacial score (nSPS) is 21.5. The van der Waals surface area contributed by atoms with Gasteiger partial charge in [0.2, 0.25) is 23.6 Å². The first-order valence-corrected chi connectivity index (χ1v) is 13.6. The van der Waals surface area contributed by atoms with Crippen LogP contribution in [0.4, 0.5) is 0 Å². The largest absolute Gasteiger partial charge is 0.359 e. The van der Waals surface area contributed by atoms with Gasteiger partial charge < -0.3 is 25.6 Å². The summed E-state index contributed by atoms with van der Waals surface area (Å²) >= 11 is 0. The first-order valence-electron chi connectivity index (χ1n) is 13.6. The van der Waals surface area contributed by atoms with Gasteiger partial charge in [0.05, 0.1) is 6.61 Å². The molecular weight excluding hydrogens is 448 g/mol. The molecule has 200 valence electrons. The number of hydrogen-bond donors (Lipinski definition) is 3. The number of ether oxygens (including phenoxy) is 1. The van der Waals surface area contributed by atoms with E-state index in [1.165, 1.54) is 49.8 Å². The molecule has 2 heterocycles. The molecule has 2 aliphatic rings. The van der Waals surface area contributed by atoms with Gasteiger partial charge in [-0.1, -0.05) is 64.2 Å². The molecule has 2 saturated heterocycles. The summed E-state index contributed by atoms with van der Waals surface area (Å²) in [4.78, 5) is 49.9. The number of unbranched alkanes of at least 4 members (excludes halogenated alkanes) is 11. The zero-order valence-electron chi connectivity index (χ0n) is 21.7. The highest BCUT2D eigenvalue weighted by atomic mass is 16.5. The minimum atomic E-state index is -0.613. The first-order chi connectivity index (χ1) is 17.0. The van der Waals surface area contributed by atoms with E-state index in [2.05, 4.69) is 16.0 Å². The van der Waals surface area contributed by atoms with Crippen molar-refractivity contribution >= 4 is 23.6 Å². The lowest BCUT2D eigenvalue weighted by atomic mass is 10.0. The summed E-state index contributed by atoms with van der Waals surface area (Å²) in [5, 5.41) is 8.11. The highest BCUT2D eigenvalue weighted by Crippen LogP contribution is 2.28. The van der Waals surface area contributed by atoms with E-state index < -0.39 is 12.1 Å². The van der Waals surface area contributed by atoms with Crippen LogP contribution in [0, 0.1) is 0 Å². The van der Waals surface area contributed by atoms with E-state index in [4.69, 9.17) is 4.74 Å². The van der Waals surface area contributed by atoms with Crippen LogP contribution in [0.2, 0.25) is 0 Å². The van der Waals surface area contributed by atoms with Gasteiger partial charge in [-0.3, -0.25) is 19.2 Å². The number of fused-ring (bicyclic) bond motifs is 1. The Morgan fingerprint density at radius 2 is 1.29 bits per heavy atom. The second-order valence-electron chi connectivity index (χ2n) is 9.78. The van der Waals surface area contributed by atoms with Crippen molar-refractivity contribution in [3.8, 4) is 0 Å². The Hall–Kier alpha value is -2.16. The van der Waals surface area contributed by atoms with Crippen LogP contribution >= 0.6 is 0 Å². The third kappa shape index (κ3) is 10.2. The zero-order valence-corrected chi connectivity index (χ0v) is 21.7. The maximum absolute atomic E-state index is 12.8. The highest BCUT2D eigenvalue weighted by molar-refractivity contribution is 5.93. The molecule has 9 heteroatoms. The first kappa shape index (κ1) is 29.1. The number of nitrogens with zero attached hydrogens (tertiary/aromatic N) is 1. The molecule has 9 nitrogen and oxygen atoms in total. The topological polar surface area (TPSA) is 117 Å². The van der Waals surface area contributed by atoms with Crippen LogP contribution in [-0.4, -0.2) is 67.5 Å². The fourth-order valence-electron chi connectivity index (χ4n) is 4.93. The molecule has 0 saturated carbocycles. The Morgan fingerprint density at radius 1 is 0.771 bits per heavy atom. The number of carbonyl (C=O) groups is 4. The summed E-state index contributed by atoms with van der Waals surface area (Å²) in [6.45, 7) is 0.205. The lowest BCUT2D eigenvalue weighted by Gasteiger charge is -2.35. The fraction of sp³-hybridized carbons (Fsp3) is 0.846. The molecule has 2 fully saturated rings. The van der Waals surface area contributed by atoms with Gasteiger partial charge in [0.15, 0.2) is 0 Å². The fourth-order valence-corrected chi connectivity index (χ4v) is 4.93. The molecule has 3 N–H and O–H groups in total. The molecule has 1 unspecified atom stereocenters. The van der Waals surface area contributed by atoms with Crippen LogP contribution in [0.15, 0.2) is 0 Å². The number of nitrogens with one attached hydrogen (secondary N) is 3. The van der Waals surface area contributed by atoms with Crippen molar-refractivity contribution in [3.63, 3.8) is 0 Å². The SMILES string of the molecule is CNC(=O)CCCCCCCCCCCCCCC(=O)N[C@H]1CC[C@@H]2OCC(C(=O)NC)N2C1=O. The van der Waals surface area contributed by atoms with Crippen molar-refractivity contribution in [2.75, 3.05) is 20.7 Å². The van der Waals surface area contributed by atoms with Crippen molar-refractivity contribution in [1.29, 1.82) is 0 Å². The average Bonchev–Trinajstić information content (AvgIpc) is 3.30. The van der Waals surface area contributed by atoms with E-state index >= 15 is 0 Å². The molecule has 0 bridgehead atoms. The molecule has 2 rings (SSSR count). The summed E-state index contributed by atoms with van der Waals surface area (Å²) in [5.74, 6) is -0.404. The third-order valence-electron chi connectivity index (χ3n) is 7.07. The number of rotatable bonds is 17. The molecule has 0 radical (unpaired) electrons. The minimum Gasteiger partial charge on any atom is -0.359 e. The summed E-state index contributed by atoms with van der Waals surface area (Å²) in [6.07, 6.45) is 15.7. The monoisotopic (exact) mass is 494 g/mol. The van der Waals surface area contributed by atoms with E-state index in [0.29, 0.717) is 25.7 Å². The molecule has 4 amide bonds. The van der Waals surface area contributed by atoms with E-state index in [1.807, 2.05) is 0 Å². The van der Waals surface area contributed by atoms with Gasteiger partial charge in [-0.25, -0.2) is 0 Å². The predicted octanol–water partition coefficient (Wildman–Crippen LogP) is 2.77. The van der Waals surface area contributed by atoms with E-state index in [9.17, 15) is 19.2 Å². The third-order valence-corrected chi connectivity index (χ3v) is 7.07. The second-order valence-corrected chi connectivity index (χ2v) is 9.78. The van der Waals surface area contributed by atoms with Crippen LogP contribution in [0.1, 0.15) is 103 Å². The minimum absolute atomic E-state index is 0.0891. The summed E-state index contributed by atoms with van der Waals surface area (Å²) in [7, 11) is 3.23. The molecular formula is C26H46N4O5. The van der Waals surface area contributed by atoms with Gasteiger partial charge in [0.1, 0.15) is 18.3 Å². The molecule has 3 atom stereocenters. The Kier molecular flexibility index (Phi) is 13.7. The quantitative estimate of drug-likeness (QED) is 0.269. The number of piperidine rings is 1. The van der Waals surface area contributed by atoms with Crippen molar-refractivity contribution in [2.45, 2.75) is 121 Å². The lowest BCUT2D eigenvalue weighted by molar-refractivity contribution is -0.150. The van der Waals surface area contributed by atoms with Gasteiger partial charge in [-0.05, 0) is 25.7 Å². The number of carbonyl (C=O) groups excluding carboxylic acids is 4. The molecule has 0 spiro atoms. The smallest absolute Gasteiger partial charge is 0.247 e. The van der Waals surface area contributed by atoms with E-state index in [0.717, 1.165) is 32.1 Å². The molecule has 0 aromatic rings. The average molecular weight is 495 g/mol. The Labute approximate surface area is 210 Å². The Balaban J connectivity index is 1.45. The summed E-state index contributed by atoms with van der Waals surface area (Å²) < 4.78 is 5.60. The van der Waals surface area contributed by atoms with E-state index in [1.54, 1.807) is 14.1 Å². The summed E-state index contributed by atoms with van der Waals surface area (Å²) in [5.41, 5.74) is 0. The van der Waals surface area contributed by atoms with Crippen molar-refractivity contribution in [3.05, 3.63) is 0 Å². The zero-order chi connectivity index (χ0) is 25.5. The maximum Gasteiger partial charge on any atom is 0.247 e. The van der Waals surface area contributed by atoms with Crippen molar-refractivity contribution < 1.29 is 23.9 Å². The van der Waals surface area contributed by atoms with Gasteiger partial charge in [0.25, 0.3) is 0 Å². The molecule has 0 aliphatic carbocycles. The number of amides is 4. The van der Waals surface area contributed by atoms with Crippen LogP contribution in [0.3, 0.4) is 0 Å². The highest BCUT2D eigenvalue weighted by Gasteiger charge is 2.47.